The van der Waals surface area contributed by atoms with E-state index in [0.29, 0.717) is 11.1 Å². The van der Waals surface area contributed by atoms with Crippen LogP contribution in [0, 0.1) is 0 Å². The van der Waals surface area contributed by atoms with Crippen molar-refractivity contribution < 1.29 is 15.0 Å². The molecule has 4 N–H and O–H groups in total. The Kier molecular flexibility index (Phi) is 2.70. The predicted octanol–water partition coefficient (Wildman–Crippen LogP) is 2.34. The van der Waals surface area contributed by atoms with E-state index in [4.69, 9.17) is 10.8 Å². The highest BCUT2D eigenvalue weighted by Gasteiger charge is 2.11. The summed E-state index contributed by atoms with van der Waals surface area (Å²) in [6.45, 7) is 0. The summed E-state index contributed by atoms with van der Waals surface area (Å²) in [5.74, 6) is -1.01. The minimum atomic E-state index is -0.993. The van der Waals surface area contributed by atoms with Crippen molar-refractivity contribution in [2.45, 2.75) is 0 Å². The zero-order chi connectivity index (χ0) is 12.4. The van der Waals surface area contributed by atoms with Crippen LogP contribution in [0.2, 0.25) is 0 Å². The monoisotopic (exact) mass is 229 g/mol. The highest BCUT2D eigenvalue weighted by Crippen LogP contribution is 2.29. The largest absolute Gasteiger partial charge is 0.506 e. The molecule has 0 aliphatic carbocycles. The van der Waals surface area contributed by atoms with Gasteiger partial charge in [0.25, 0.3) is 0 Å². The molecule has 0 aliphatic heterocycles. The van der Waals surface area contributed by atoms with Crippen molar-refractivity contribution in [3.63, 3.8) is 0 Å². The van der Waals surface area contributed by atoms with Gasteiger partial charge in [0, 0.05) is 0 Å². The van der Waals surface area contributed by atoms with Gasteiger partial charge in [-0.1, -0.05) is 24.3 Å². The molecule has 17 heavy (non-hydrogen) atoms. The van der Waals surface area contributed by atoms with E-state index < -0.39 is 5.97 Å². The molecule has 0 amide bonds. The van der Waals surface area contributed by atoms with Crippen LogP contribution in [0.3, 0.4) is 0 Å². The molecule has 0 radical (unpaired) electrons. The highest BCUT2D eigenvalue weighted by molar-refractivity contribution is 5.96. The predicted molar refractivity (Wildman–Crippen MR) is 64.9 cm³/mol. The van der Waals surface area contributed by atoms with Crippen LogP contribution in [-0.2, 0) is 0 Å². The van der Waals surface area contributed by atoms with Crippen LogP contribution >= 0.6 is 0 Å². The van der Waals surface area contributed by atoms with Gasteiger partial charge in [0.15, 0.2) is 0 Å². The standard InChI is InChI=1S/C13H11NO3/c14-11-7-8(5-6-12(11)15)9-3-1-2-4-10(9)13(16)17/h1-7,15H,14H2,(H,16,17). The van der Waals surface area contributed by atoms with Crippen molar-refractivity contribution in [1.29, 1.82) is 0 Å². The lowest BCUT2D eigenvalue weighted by molar-refractivity contribution is 0.0697. The molecule has 4 nitrogen and oxygen atoms in total. The molecule has 0 spiro atoms. The minimum Gasteiger partial charge on any atom is -0.506 e. The molecule has 0 heterocycles. The lowest BCUT2D eigenvalue weighted by Crippen LogP contribution is -1.99. The molecule has 0 aliphatic rings. The van der Waals surface area contributed by atoms with Crippen molar-refractivity contribution in [2.24, 2.45) is 0 Å². The Morgan fingerprint density at radius 2 is 1.82 bits per heavy atom. The summed E-state index contributed by atoms with van der Waals surface area (Å²) in [4.78, 5) is 11.1. The molecule has 0 bridgehead atoms. The number of rotatable bonds is 2. The van der Waals surface area contributed by atoms with E-state index in [1.165, 1.54) is 12.1 Å². The number of aromatic hydroxyl groups is 1. The Balaban J connectivity index is 2.60. The maximum atomic E-state index is 11.1. The summed E-state index contributed by atoms with van der Waals surface area (Å²) in [5, 5.41) is 18.4. The smallest absolute Gasteiger partial charge is 0.336 e. The van der Waals surface area contributed by atoms with Crippen molar-refractivity contribution in [1.82, 2.24) is 0 Å². The third-order valence-electron chi connectivity index (χ3n) is 2.50. The summed E-state index contributed by atoms with van der Waals surface area (Å²) < 4.78 is 0. The molecule has 0 unspecified atom stereocenters. The topological polar surface area (TPSA) is 83.6 Å². The number of anilines is 1. The molecule has 2 aromatic rings. The summed E-state index contributed by atoms with van der Waals surface area (Å²) in [7, 11) is 0. The Bertz CT molecular complexity index is 579. The molecule has 0 saturated heterocycles. The van der Waals surface area contributed by atoms with Gasteiger partial charge >= 0.3 is 5.97 Å². The molecule has 0 atom stereocenters. The van der Waals surface area contributed by atoms with Crippen molar-refractivity contribution >= 4 is 11.7 Å². The third-order valence-corrected chi connectivity index (χ3v) is 2.50. The van der Waals surface area contributed by atoms with Gasteiger partial charge in [-0.3, -0.25) is 0 Å². The molecule has 0 aromatic heterocycles. The second-order valence-electron chi connectivity index (χ2n) is 3.62. The SMILES string of the molecule is Nc1cc(-c2ccccc2C(=O)O)ccc1O. The molecule has 2 rings (SSSR count). The number of phenols is 1. The van der Waals surface area contributed by atoms with Crippen LogP contribution in [0.1, 0.15) is 10.4 Å². The first-order valence-electron chi connectivity index (χ1n) is 5.01. The fourth-order valence-corrected chi connectivity index (χ4v) is 1.64. The summed E-state index contributed by atoms with van der Waals surface area (Å²) in [5.41, 5.74) is 7.26. The van der Waals surface area contributed by atoms with Gasteiger partial charge in [-0.15, -0.1) is 0 Å². The van der Waals surface area contributed by atoms with Gasteiger partial charge < -0.3 is 15.9 Å². The van der Waals surface area contributed by atoms with Crippen LogP contribution in [-0.4, -0.2) is 16.2 Å². The van der Waals surface area contributed by atoms with Crippen molar-refractivity contribution in [2.75, 3.05) is 5.73 Å². The second kappa shape index (κ2) is 4.17. The molecule has 86 valence electrons. The fourth-order valence-electron chi connectivity index (χ4n) is 1.64. The van der Waals surface area contributed by atoms with Crippen molar-refractivity contribution in [3.8, 4) is 16.9 Å². The zero-order valence-electron chi connectivity index (χ0n) is 8.92. The molecule has 0 saturated carbocycles. The number of hydrogen-bond acceptors (Lipinski definition) is 3. The number of hydrogen-bond donors (Lipinski definition) is 3. The normalized spacial score (nSPS) is 10.1. The van der Waals surface area contributed by atoms with Crippen LogP contribution in [0.5, 0.6) is 5.75 Å². The number of nitrogens with two attached hydrogens (primary N) is 1. The van der Waals surface area contributed by atoms with E-state index in [1.807, 2.05) is 0 Å². The highest BCUT2D eigenvalue weighted by atomic mass is 16.4. The number of benzene rings is 2. The number of nitrogen functional groups attached to an aromatic ring is 1. The first kappa shape index (κ1) is 11.0. The second-order valence-corrected chi connectivity index (χ2v) is 3.62. The van der Waals surface area contributed by atoms with E-state index in [9.17, 15) is 9.90 Å². The van der Waals surface area contributed by atoms with Gasteiger partial charge in [0.2, 0.25) is 0 Å². The molecular formula is C13H11NO3. The number of phenolic OH excluding ortho intramolecular Hbond substituents is 1. The Morgan fingerprint density at radius 3 is 2.47 bits per heavy atom. The number of carboxylic acid groups (broad SMARTS) is 1. The molecular weight excluding hydrogens is 218 g/mol. The van der Waals surface area contributed by atoms with Gasteiger partial charge in [0.05, 0.1) is 11.3 Å². The lowest BCUT2D eigenvalue weighted by atomic mass is 9.99. The number of aromatic carboxylic acids is 1. The summed E-state index contributed by atoms with van der Waals surface area (Å²) in [6.07, 6.45) is 0. The summed E-state index contributed by atoms with van der Waals surface area (Å²) in [6, 6.07) is 11.3. The quantitative estimate of drug-likeness (QED) is 0.545. The van der Waals surface area contributed by atoms with Crippen molar-refractivity contribution in [3.05, 3.63) is 48.0 Å². The van der Waals surface area contributed by atoms with E-state index in [0.717, 1.165) is 0 Å². The first-order valence-corrected chi connectivity index (χ1v) is 5.01. The van der Waals surface area contributed by atoms with Gasteiger partial charge in [-0.05, 0) is 29.3 Å². The molecule has 2 aromatic carbocycles. The van der Waals surface area contributed by atoms with Crippen LogP contribution in [0.4, 0.5) is 5.69 Å². The summed E-state index contributed by atoms with van der Waals surface area (Å²) >= 11 is 0. The third kappa shape index (κ3) is 2.06. The molecule has 4 heteroatoms. The van der Waals surface area contributed by atoms with Gasteiger partial charge in [-0.2, -0.15) is 0 Å². The maximum Gasteiger partial charge on any atom is 0.336 e. The Hall–Kier alpha value is -2.49. The zero-order valence-corrected chi connectivity index (χ0v) is 8.92. The van der Waals surface area contributed by atoms with Gasteiger partial charge in [-0.25, -0.2) is 4.79 Å². The maximum absolute atomic E-state index is 11.1. The number of carbonyl (C=O) groups is 1. The van der Waals surface area contributed by atoms with E-state index in [2.05, 4.69) is 0 Å². The lowest BCUT2D eigenvalue weighted by Gasteiger charge is -2.07. The Morgan fingerprint density at radius 1 is 1.12 bits per heavy atom. The average molecular weight is 229 g/mol. The Labute approximate surface area is 97.9 Å². The van der Waals surface area contributed by atoms with Crippen LogP contribution in [0.25, 0.3) is 11.1 Å². The van der Waals surface area contributed by atoms with Gasteiger partial charge in [0.1, 0.15) is 5.75 Å². The van der Waals surface area contributed by atoms with E-state index in [-0.39, 0.29) is 17.0 Å². The number of carboxylic acids is 1. The van der Waals surface area contributed by atoms with E-state index >= 15 is 0 Å². The molecule has 0 fully saturated rings. The van der Waals surface area contributed by atoms with Crippen LogP contribution < -0.4 is 5.73 Å². The first-order chi connectivity index (χ1) is 8.09. The minimum absolute atomic E-state index is 0.0124. The van der Waals surface area contributed by atoms with E-state index in [1.54, 1.807) is 30.3 Å². The van der Waals surface area contributed by atoms with Crippen LogP contribution in [0.15, 0.2) is 42.5 Å². The average Bonchev–Trinajstić information content (AvgIpc) is 2.32. The fraction of sp³-hybridized carbons (Fsp3) is 0.